The molecule has 0 radical (unpaired) electrons. The molecule has 0 amide bonds. The summed E-state index contributed by atoms with van der Waals surface area (Å²) in [4.78, 5) is 13.6. The Bertz CT molecular complexity index is 1530. The van der Waals surface area contributed by atoms with Crippen molar-refractivity contribution in [3.8, 4) is 11.5 Å². The van der Waals surface area contributed by atoms with Crippen LogP contribution in [0.4, 0.5) is 14.5 Å². The van der Waals surface area contributed by atoms with Crippen LogP contribution in [0, 0.1) is 24.6 Å². The maximum absolute atomic E-state index is 13.8. The molecule has 52 heavy (non-hydrogen) atoms. The highest BCUT2D eigenvalue weighted by atomic mass is 35.5. The Labute approximate surface area is 317 Å². The smallest absolute Gasteiger partial charge is 0.290 e. The van der Waals surface area contributed by atoms with Crippen LogP contribution in [0.15, 0.2) is 48.8 Å². The van der Waals surface area contributed by atoms with E-state index in [1.165, 1.54) is 37.3 Å². The minimum absolute atomic E-state index is 0.250. The first-order valence-electron chi connectivity index (χ1n) is 17.2. The number of benzene rings is 2. The van der Waals surface area contributed by atoms with Crippen molar-refractivity contribution in [1.29, 1.82) is 0 Å². The van der Waals surface area contributed by atoms with Gasteiger partial charge in [0, 0.05) is 38.0 Å². The monoisotopic (exact) mass is 788 g/mol. The molecule has 3 aliphatic rings. The van der Waals surface area contributed by atoms with Gasteiger partial charge in [0.2, 0.25) is 0 Å². The zero-order valence-electron chi connectivity index (χ0n) is 29.7. The van der Waals surface area contributed by atoms with E-state index in [4.69, 9.17) is 52.4 Å². The van der Waals surface area contributed by atoms with Gasteiger partial charge in [-0.15, -0.1) is 0 Å². The number of nitrogens with zero attached hydrogens (tertiary/aromatic N) is 2. The molecule has 10 nitrogen and oxygen atoms in total. The summed E-state index contributed by atoms with van der Waals surface area (Å²) in [6.07, 6.45) is 11.5. The molecule has 1 aromatic heterocycles. The number of aromatic amines is 1. The average molecular weight is 790 g/mol. The van der Waals surface area contributed by atoms with Crippen LogP contribution < -0.4 is 18.8 Å². The maximum Gasteiger partial charge on any atom is 0.290 e. The maximum atomic E-state index is 13.8. The fourth-order valence-corrected chi connectivity index (χ4v) is 6.50. The second kappa shape index (κ2) is 23.6. The number of aliphatic hydroxyl groups is 1. The summed E-state index contributed by atoms with van der Waals surface area (Å²) in [6.45, 7) is 7.02. The lowest BCUT2D eigenvalue weighted by Gasteiger charge is -2.30. The van der Waals surface area contributed by atoms with E-state index in [1.54, 1.807) is 30.8 Å². The van der Waals surface area contributed by atoms with Gasteiger partial charge in [-0.2, -0.15) is 0 Å². The fourth-order valence-electron chi connectivity index (χ4n) is 5.17. The molecule has 2 aliphatic carbocycles. The zero-order chi connectivity index (χ0) is 37.9. The van der Waals surface area contributed by atoms with Crippen molar-refractivity contribution in [3.63, 3.8) is 0 Å². The van der Waals surface area contributed by atoms with Gasteiger partial charge in [-0.1, -0.05) is 35.3 Å². The Balaban J connectivity index is 0.000000244. The predicted molar refractivity (Wildman–Crippen MR) is 200 cm³/mol. The molecule has 1 aliphatic heterocycles. The van der Waals surface area contributed by atoms with Gasteiger partial charge in [0.25, 0.3) is 6.47 Å². The van der Waals surface area contributed by atoms with Gasteiger partial charge < -0.3 is 24.4 Å². The number of ether oxygens (including phenoxy) is 3. The number of pyridine rings is 1. The average Bonchev–Trinajstić information content (AvgIpc) is 4.06. The number of rotatable bonds is 14. The summed E-state index contributed by atoms with van der Waals surface area (Å²) >= 11 is 12.3. The molecular weight excluding hydrogens is 739 g/mol. The first-order valence-corrected chi connectivity index (χ1v) is 19.5. The quantitative estimate of drug-likeness (QED) is 0.182. The number of aliphatic hydroxyl groups excluding tert-OH is 1. The third kappa shape index (κ3) is 15.9. The van der Waals surface area contributed by atoms with E-state index >= 15 is 0 Å². The first kappa shape index (κ1) is 43.3. The molecule has 288 valence electrons. The number of carboxylic acid groups (broad SMARTS) is 1. The number of morpholine rings is 1. The van der Waals surface area contributed by atoms with Gasteiger partial charge in [0.15, 0.2) is 30.8 Å². The number of alkyl halides is 1. The number of halogens is 4. The number of nitrogens with one attached hydrogen (secondary N) is 1. The SMILES string of the molecule is Cc1ccc(N(CCN2CCOCC2)S(C)=O)c(OCC2CC2)c1.Fc1ccc(CCc2c(Cl)c[nH+]cc2Cl)cc1OCC1CC1.O=CO.OCF. The lowest BCUT2D eigenvalue weighted by molar-refractivity contribution is -0.377. The van der Waals surface area contributed by atoms with E-state index < -0.39 is 17.8 Å². The summed E-state index contributed by atoms with van der Waals surface area (Å²) in [7, 11) is -1.08. The third-order valence-corrected chi connectivity index (χ3v) is 10.1. The van der Waals surface area contributed by atoms with Crippen LogP contribution in [0.25, 0.3) is 0 Å². The molecule has 0 spiro atoms. The lowest BCUT2D eigenvalue weighted by Crippen LogP contribution is -2.42. The summed E-state index contributed by atoms with van der Waals surface area (Å²) in [5.74, 6) is 2.19. The minimum Gasteiger partial charge on any atom is -0.491 e. The van der Waals surface area contributed by atoms with Crippen LogP contribution in [-0.4, -0.2) is 91.5 Å². The number of carbonyl (C=O) groups is 1. The predicted octanol–water partition coefficient (Wildman–Crippen LogP) is 6.34. The van der Waals surface area contributed by atoms with E-state index in [0.717, 1.165) is 75.0 Å². The van der Waals surface area contributed by atoms with Crippen LogP contribution in [0.5, 0.6) is 11.5 Å². The third-order valence-electron chi connectivity index (χ3n) is 8.42. The van der Waals surface area contributed by atoms with Crippen LogP contribution in [-0.2, 0) is 33.4 Å². The summed E-state index contributed by atoms with van der Waals surface area (Å²) in [5.41, 5.74) is 4.01. The number of aryl methyl sites for hydroxylation is 2. The van der Waals surface area contributed by atoms with Crippen molar-refractivity contribution in [2.75, 3.05) is 70.0 Å². The van der Waals surface area contributed by atoms with Gasteiger partial charge in [-0.3, -0.25) is 14.0 Å². The molecule has 2 heterocycles. The number of hydrogen-bond donors (Lipinski definition) is 2. The lowest BCUT2D eigenvalue weighted by atomic mass is 10.0. The van der Waals surface area contributed by atoms with Crippen LogP contribution in [0.1, 0.15) is 42.4 Å². The summed E-state index contributed by atoms with van der Waals surface area (Å²) < 4.78 is 54.9. The molecule has 2 saturated carbocycles. The minimum atomic E-state index is -1.25. The Morgan fingerprint density at radius 2 is 1.58 bits per heavy atom. The number of H-pyrrole nitrogens is 1. The fraction of sp³-hybridized carbons (Fsp3) is 0.514. The number of aromatic nitrogens is 1. The number of hydrogen-bond acceptors (Lipinski definition) is 7. The van der Waals surface area contributed by atoms with E-state index in [-0.39, 0.29) is 12.3 Å². The normalized spacial score (nSPS) is 15.8. The molecular formula is C37H50Cl2F2N3O7S+. The van der Waals surface area contributed by atoms with Gasteiger partial charge in [-0.05, 0) is 92.7 Å². The van der Waals surface area contributed by atoms with E-state index in [9.17, 15) is 13.0 Å². The van der Waals surface area contributed by atoms with Gasteiger partial charge in [0.1, 0.15) is 26.8 Å². The van der Waals surface area contributed by atoms with Crippen molar-refractivity contribution >= 4 is 46.3 Å². The van der Waals surface area contributed by atoms with Gasteiger partial charge >= 0.3 is 0 Å². The Kier molecular flexibility index (Phi) is 19.6. The highest BCUT2D eigenvalue weighted by molar-refractivity contribution is 7.85. The van der Waals surface area contributed by atoms with E-state index in [0.29, 0.717) is 40.7 Å². The Morgan fingerprint density at radius 1 is 1.00 bits per heavy atom. The van der Waals surface area contributed by atoms with Crippen molar-refractivity contribution in [2.24, 2.45) is 11.8 Å². The molecule has 3 aromatic rings. The molecule has 0 bridgehead atoms. The molecule has 3 fully saturated rings. The molecule has 3 N–H and O–H groups in total. The van der Waals surface area contributed by atoms with E-state index in [2.05, 4.69) is 28.9 Å². The topological polar surface area (TPSA) is 123 Å². The Hall–Kier alpha value is -3.07. The van der Waals surface area contributed by atoms with Crippen molar-refractivity contribution in [2.45, 2.75) is 45.4 Å². The molecule has 1 unspecified atom stereocenters. The highest BCUT2D eigenvalue weighted by Crippen LogP contribution is 2.35. The molecule has 1 atom stereocenters. The van der Waals surface area contributed by atoms with Gasteiger partial charge in [-0.25, -0.2) is 18.0 Å². The van der Waals surface area contributed by atoms with E-state index in [1.807, 2.05) is 10.4 Å². The van der Waals surface area contributed by atoms with Crippen molar-refractivity contribution in [1.82, 2.24) is 4.90 Å². The molecule has 6 rings (SSSR count). The molecule has 2 aromatic carbocycles. The van der Waals surface area contributed by atoms with Crippen LogP contribution in [0.2, 0.25) is 10.0 Å². The van der Waals surface area contributed by atoms with Crippen molar-refractivity contribution in [3.05, 3.63) is 81.3 Å². The molecule has 1 saturated heterocycles. The first-order chi connectivity index (χ1) is 25.1. The van der Waals surface area contributed by atoms with Crippen LogP contribution >= 0.6 is 23.2 Å². The summed E-state index contributed by atoms with van der Waals surface area (Å²) in [6, 6.07) is 11.2. The number of anilines is 1. The summed E-state index contributed by atoms with van der Waals surface area (Å²) in [5, 5.41) is 15.0. The largest absolute Gasteiger partial charge is 0.491 e. The van der Waals surface area contributed by atoms with Gasteiger partial charge in [0.05, 0.1) is 32.1 Å². The molecule has 15 heteroatoms. The standard InChI is InChI=1S/C18H28N2O3S.C17H16Cl2FNO.CH3FO.CH2O2/c1-15-3-6-17(18(13-15)23-14-16-4-5-16)20(24(2)21)8-7-19-9-11-22-12-10-19;18-14-8-21-9-15(19)13(14)5-3-11-4-6-16(20)17(7-11)22-10-12-1-2-12;2*2-1-3/h3,6,13,16H,4-5,7-12,14H2,1-2H3;4,6-9,12H,1-3,5,10H2;3H,1H2;1H,(H,2,3)/p+1. The second-order valence-corrected chi connectivity index (χ2v) is 14.7. The van der Waals surface area contributed by atoms with Crippen molar-refractivity contribution < 1.29 is 47.2 Å². The van der Waals surface area contributed by atoms with Crippen LogP contribution in [0.3, 0.4) is 0 Å². The zero-order valence-corrected chi connectivity index (χ0v) is 32.0. The Morgan fingerprint density at radius 3 is 2.13 bits per heavy atom. The highest BCUT2D eigenvalue weighted by Gasteiger charge is 2.24. The second-order valence-electron chi connectivity index (χ2n) is 12.6.